The van der Waals surface area contributed by atoms with E-state index in [1.54, 1.807) is 0 Å². The molecule has 0 saturated carbocycles. The van der Waals surface area contributed by atoms with E-state index in [1.807, 2.05) is 38.0 Å². The third-order valence-corrected chi connectivity index (χ3v) is 13.3. The molecule has 0 aromatic carbocycles. The maximum Gasteiger partial charge on any atom is 0.307 e. The lowest BCUT2D eigenvalue weighted by Crippen LogP contribution is -2.42. The molecule has 10 nitrogen and oxygen atoms in total. The van der Waals surface area contributed by atoms with Crippen molar-refractivity contribution in [3.63, 3.8) is 0 Å². The molecular formula is C57H114N4O6. The lowest BCUT2D eigenvalue weighted by Gasteiger charge is -2.32. The van der Waals surface area contributed by atoms with Gasteiger partial charge in [-0.25, -0.2) is 0 Å². The zero-order valence-electron chi connectivity index (χ0n) is 46.1. The zero-order chi connectivity index (χ0) is 50.2. The molecule has 10 heteroatoms. The topological polar surface area (TPSA) is 111 Å². The van der Waals surface area contributed by atoms with E-state index in [4.69, 9.17) is 4.74 Å². The lowest BCUT2D eigenvalue weighted by molar-refractivity contribution is -0.144. The highest BCUT2D eigenvalue weighted by Crippen LogP contribution is 2.21. The number of carbonyl (C=O) groups is 4. The first-order valence-electron chi connectivity index (χ1n) is 28.5. The average molecular weight is 952 g/mol. The number of carboxylic acids is 1. The number of aliphatic carboxylic acids is 1. The second-order valence-corrected chi connectivity index (χ2v) is 20.4. The molecule has 2 amide bonds. The molecule has 0 saturated heterocycles. The molecule has 0 aliphatic rings. The Morgan fingerprint density at radius 1 is 0.388 bits per heavy atom. The van der Waals surface area contributed by atoms with Crippen LogP contribution in [0.5, 0.6) is 0 Å². The van der Waals surface area contributed by atoms with E-state index in [0.717, 1.165) is 90.3 Å². The third kappa shape index (κ3) is 44.7. The van der Waals surface area contributed by atoms with E-state index in [-0.39, 0.29) is 36.3 Å². The van der Waals surface area contributed by atoms with Crippen molar-refractivity contribution in [1.29, 1.82) is 0 Å². The summed E-state index contributed by atoms with van der Waals surface area (Å²) >= 11 is 0. The predicted molar refractivity (Wildman–Crippen MR) is 286 cm³/mol. The molecule has 0 fully saturated rings. The van der Waals surface area contributed by atoms with Crippen molar-refractivity contribution in [2.24, 2.45) is 0 Å². The fourth-order valence-corrected chi connectivity index (χ4v) is 9.12. The summed E-state index contributed by atoms with van der Waals surface area (Å²) in [5, 5.41) is 9.53. The molecule has 0 bridgehead atoms. The Morgan fingerprint density at radius 3 is 0.955 bits per heavy atom. The second-order valence-electron chi connectivity index (χ2n) is 20.4. The summed E-state index contributed by atoms with van der Waals surface area (Å²) in [5.41, 5.74) is 0. The van der Waals surface area contributed by atoms with Crippen LogP contribution in [0.2, 0.25) is 0 Å². The largest absolute Gasteiger partial charge is 0.481 e. The number of rotatable bonds is 48. The van der Waals surface area contributed by atoms with E-state index in [0.29, 0.717) is 25.8 Å². The number of carbonyl (C=O) groups excluding carboxylic acids is 3. The molecule has 1 N–H and O–H groups in total. The summed E-state index contributed by atoms with van der Waals surface area (Å²) in [6, 6.07) is -0.186. The molecule has 398 valence electrons. The van der Waals surface area contributed by atoms with Crippen molar-refractivity contribution in [3.8, 4) is 0 Å². The third-order valence-electron chi connectivity index (χ3n) is 13.3. The van der Waals surface area contributed by atoms with Crippen molar-refractivity contribution >= 4 is 23.8 Å². The van der Waals surface area contributed by atoms with Crippen LogP contribution in [0, 0.1) is 0 Å². The quantitative estimate of drug-likeness (QED) is 0.0474. The Morgan fingerprint density at radius 2 is 0.672 bits per heavy atom. The van der Waals surface area contributed by atoms with Gasteiger partial charge in [-0.15, -0.1) is 0 Å². The number of esters is 1. The van der Waals surface area contributed by atoms with Crippen LogP contribution in [-0.4, -0.2) is 122 Å². The zero-order valence-corrected chi connectivity index (χ0v) is 46.1. The van der Waals surface area contributed by atoms with E-state index in [2.05, 4.69) is 37.5 Å². The number of hydrogen-bond acceptors (Lipinski definition) is 7. The van der Waals surface area contributed by atoms with Crippen LogP contribution >= 0.6 is 0 Å². The van der Waals surface area contributed by atoms with E-state index < -0.39 is 5.97 Å². The Kier molecular flexibility index (Phi) is 50.1. The number of unbranched alkanes of at least 4 members (excludes halogenated alkanes) is 26. The molecule has 0 aliphatic carbocycles. The summed E-state index contributed by atoms with van der Waals surface area (Å²) in [6.45, 7) is 12.3. The van der Waals surface area contributed by atoms with Crippen molar-refractivity contribution in [2.45, 2.75) is 284 Å². The van der Waals surface area contributed by atoms with Gasteiger partial charge in [0.1, 0.15) is 0 Å². The molecule has 2 unspecified atom stereocenters. The van der Waals surface area contributed by atoms with Gasteiger partial charge in [-0.1, -0.05) is 207 Å². The van der Waals surface area contributed by atoms with Gasteiger partial charge in [-0.3, -0.25) is 19.2 Å². The fraction of sp³-hybridized carbons (Fsp3) is 0.930. The Balaban J connectivity index is 0. The minimum atomic E-state index is -0.787. The van der Waals surface area contributed by atoms with Gasteiger partial charge in [0.25, 0.3) is 0 Å². The van der Waals surface area contributed by atoms with Gasteiger partial charge in [-0.2, -0.15) is 0 Å². The summed E-state index contributed by atoms with van der Waals surface area (Å²) in [4.78, 5) is 58.4. The van der Waals surface area contributed by atoms with Crippen LogP contribution in [0.3, 0.4) is 0 Å². The Labute approximate surface area is 416 Å². The van der Waals surface area contributed by atoms with Gasteiger partial charge in [0.05, 0.1) is 20.0 Å². The smallest absolute Gasteiger partial charge is 0.307 e. The monoisotopic (exact) mass is 951 g/mol. The molecule has 0 aliphatic heterocycles. The molecule has 0 aromatic rings. The summed E-state index contributed by atoms with van der Waals surface area (Å²) in [7, 11) is 9.59. The summed E-state index contributed by atoms with van der Waals surface area (Å²) in [5.74, 6) is -0.629. The van der Waals surface area contributed by atoms with Crippen LogP contribution in [0.4, 0.5) is 0 Å². The fourth-order valence-electron chi connectivity index (χ4n) is 9.12. The van der Waals surface area contributed by atoms with Gasteiger partial charge in [-0.05, 0) is 79.8 Å². The molecule has 67 heavy (non-hydrogen) atoms. The first-order valence-corrected chi connectivity index (χ1v) is 28.5. The SMILES string of the molecule is CCCCCCCCCCN(C(=O)CCCN(C)C)C(CCCCCCCCC)CC(=O)O.CCCCCCCCCCN(C(=O)CCCN(C)C)C(CCCCCCCCC)CC(=O)OC. The van der Waals surface area contributed by atoms with E-state index in [1.165, 1.54) is 155 Å². The van der Waals surface area contributed by atoms with Crippen LogP contribution in [-0.2, 0) is 23.9 Å². The number of carboxylic acid groups (broad SMARTS) is 1. The number of methoxy groups -OCH3 is 1. The van der Waals surface area contributed by atoms with Crippen LogP contribution < -0.4 is 0 Å². The van der Waals surface area contributed by atoms with Crippen LogP contribution in [0.1, 0.15) is 272 Å². The summed E-state index contributed by atoms with van der Waals surface area (Å²) in [6.07, 6.45) is 41.9. The summed E-state index contributed by atoms with van der Waals surface area (Å²) < 4.78 is 5.00. The number of ether oxygens (including phenoxy) is 1. The van der Waals surface area contributed by atoms with Gasteiger partial charge in [0, 0.05) is 38.0 Å². The van der Waals surface area contributed by atoms with Gasteiger partial charge < -0.3 is 29.4 Å². The molecule has 0 aromatic heterocycles. The number of nitrogens with zero attached hydrogens (tertiary/aromatic N) is 4. The Bertz CT molecular complexity index is 1120. The molecule has 0 radical (unpaired) electrons. The maximum atomic E-state index is 13.2. The van der Waals surface area contributed by atoms with Crippen LogP contribution in [0.25, 0.3) is 0 Å². The minimum Gasteiger partial charge on any atom is -0.481 e. The highest BCUT2D eigenvalue weighted by Gasteiger charge is 2.27. The predicted octanol–water partition coefficient (Wildman–Crippen LogP) is 14.7. The van der Waals surface area contributed by atoms with Gasteiger partial charge in [0.15, 0.2) is 0 Å². The maximum absolute atomic E-state index is 13.2. The van der Waals surface area contributed by atoms with Crippen molar-refractivity contribution in [3.05, 3.63) is 0 Å². The van der Waals surface area contributed by atoms with Gasteiger partial charge in [0.2, 0.25) is 11.8 Å². The normalized spacial score (nSPS) is 12.2. The minimum absolute atomic E-state index is 0.0282. The van der Waals surface area contributed by atoms with Crippen LogP contribution in [0.15, 0.2) is 0 Å². The van der Waals surface area contributed by atoms with Crippen molar-refractivity contribution in [1.82, 2.24) is 19.6 Å². The van der Waals surface area contributed by atoms with Gasteiger partial charge >= 0.3 is 11.9 Å². The van der Waals surface area contributed by atoms with E-state index >= 15 is 0 Å². The van der Waals surface area contributed by atoms with Crippen molar-refractivity contribution in [2.75, 3.05) is 61.5 Å². The van der Waals surface area contributed by atoms with E-state index in [9.17, 15) is 24.3 Å². The molecule has 0 spiro atoms. The highest BCUT2D eigenvalue weighted by atomic mass is 16.5. The van der Waals surface area contributed by atoms with Crippen molar-refractivity contribution < 1.29 is 29.0 Å². The molecular weight excluding hydrogens is 837 g/mol. The molecule has 0 rings (SSSR count). The second kappa shape index (κ2) is 50.2. The molecule has 2 atom stereocenters. The number of hydrogen-bond donors (Lipinski definition) is 1. The highest BCUT2D eigenvalue weighted by molar-refractivity contribution is 5.78. The first kappa shape index (κ1) is 66.9. The number of amides is 2. The lowest BCUT2D eigenvalue weighted by atomic mass is 10.0. The first-order chi connectivity index (χ1) is 32.4. The standard InChI is InChI=1S/C29H58N2O3.C28H56N2O3/c1-6-8-10-12-14-16-18-20-25-31(28(32)23-21-24-30(3)4)27(26-29(33)34-5)22-19-17-15-13-11-9-7-2;1-5-7-9-11-13-15-17-19-24-30(27(31)22-20-23-29(3)4)26(25-28(32)33)21-18-16-14-12-10-8-6-2/h27H,6-26H2,1-5H3;26H,5-25H2,1-4H3,(H,32,33). The Hall–Kier alpha value is -2.20. The average Bonchev–Trinajstić information content (AvgIpc) is 3.29. The molecule has 0 heterocycles.